The van der Waals surface area contributed by atoms with Gasteiger partial charge in [-0.3, -0.25) is 9.89 Å². The highest BCUT2D eigenvalue weighted by Crippen LogP contribution is 2.32. The van der Waals surface area contributed by atoms with Gasteiger partial charge in [-0.05, 0) is 60.0 Å². The van der Waals surface area contributed by atoms with Crippen LogP contribution in [0.5, 0.6) is 0 Å². The van der Waals surface area contributed by atoms with Crippen LogP contribution in [0.3, 0.4) is 0 Å². The van der Waals surface area contributed by atoms with Crippen LogP contribution in [-0.4, -0.2) is 54.1 Å². The van der Waals surface area contributed by atoms with Crippen molar-refractivity contribution in [3.8, 4) is 11.1 Å². The van der Waals surface area contributed by atoms with E-state index in [1.54, 1.807) is 0 Å². The molecule has 1 saturated heterocycles. The molecule has 0 amide bonds. The number of likely N-dealkylation sites (N-methyl/N-ethyl adjacent to an activating group) is 1. The standard InChI is InChI=1S/C24H25N5OS/c1-2-28-10-12-29(13-11-28)19-6-4-18(5-7-19)25-24-21-8-3-17(15-22(21)26-27-24)20-9-14-31-23(20)16-30/h3-9,14-16H,2,10-13H2,1H3,(H2,25,26,27). The van der Waals surface area contributed by atoms with Crippen molar-refractivity contribution in [2.45, 2.75) is 6.92 Å². The van der Waals surface area contributed by atoms with Crippen molar-refractivity contribution in [3.63, 3.8) is 0 Å². The topological polar surface area (TPSA) is 64.3 Å². The van der Waals surface area contributed by atoms with Gasteiger partial charge in [0.1, 0.15) is 0 Å². The molecule has 158 valence electrons. The number of aromatic nitrogens is 2. The summed E-state index contributed by atoms with van der Waals surface area (Å²) >= 11 is 1.46. The van der Waals surface area contributed by atoms with E-state index in [9.17, 15) is 4.79 Å². The highest BCUT2D eigenvalue weighted by molar-refractivity contribution is 7.12. The van der Waals surface area contributed by atoms with Gasteiger partial charge < -0.3 is 15.1 Å². The summed E-state index contributed by atoms with van der Waals surface area (Å²) in [6, 6.07) is 16.7. The number of piperazine rings is 1. The van der Waals surface area contributed by atoms with Crippen LogP contribution < -0.4 is 10.2 Å². The highest BCUT2D eigenvalue weighted by Gasteiger charge is 2.16. The molecule has 0 unspecified atom stereocenters. The molecule has 0 atom stereocenters. The second-order valence-electron chi connectivity index (χ2n) is 7.74. The number of hydrogen-bond donors (Lipinski definition) is 2. The number of carbonyl (C=O) groups excluding carboxylic acids is 1. The molecule has 2 aromatic carbocycles. The summed E-state index contributed by atoms with van der Waals surface area (Å²) in [6.45, 7) is 7.74. The number of aromatic amines is 1. The first-order chi connectivity index (χ1) is 15.2. The van der Waals surface area contributed by atoms with E-state index in [0.29, 0.717) is 0 Å². The predicted octanol–water partition coefficient (Wildman–Crippen LogP) is 4.99. The van der Waals surface area contributed by atoms with Gasteiger partial charge in [0.2, 0.25) is 0 Å². The van der Waals surface area contributed by atoms with Crippen LogP contribution in [0.2, 0.25) is 0 Å². The Hall–Kier alpha value is -3.16. The third kappa shape index (κ3) is 3.94. The van der Waals surface area contributed by atoms with Crippen LogP contribution in [0, 0.1) is 0 Å². The van der Waals surface area contributed by atoms with Gasteiger partial charge in [-0.2, -0.15) is 5.10 Å². The van der Waals surface area contributed by atoms with Crippen LogP contribution in [0.25, 0.3) is 22.0 Å². The Labute approximate surface area is 185 Å². The average Bonchev–Trinajstić information content (AvgIpc) is 3.46. The molecule has 1 aliphatic heterocycles. The summed E-state index contributed by atoms with van der Waals surface area (Å²) < 4.78 is 0. The van der Waals surface area contributed by atoms with Crippen molar-refractivity contribution in [3.05, 3.63) is 58.8 Å². The Morgan fingerprint density at radius 2 is 1.90 bits per heavy atom. The zero-order chi connectivity index (χ0) is 21.2. The molecular weight excluding hydrogens is 406 g/mol. The van der Waals surface area contributed by atoms with Gasteiger partial charge in [0.15, 0.2) is 12.1 Å². The van der Waals surface area contributed by atoms with Crippen LogP contribution in [0.15, 0.2) is 53.9 Å². The molecule has 31 heavy (non-hydrogen) atoms. The van der Waals surface area contributed by atoms with Crippen molar-refractivity contribution in [2.24, 2.45) is 0 Å². The Kier molecular flexibility index (Phi) is 5.44. The van der Waals surface area contributed by atoms with E-state index in [4.69, 9.17) is 0 Å². The predicted molar refractivity (Wildman–Crippen MR) is 129 cm³/mol. The molecule has 0 radical (unpaired) electrons. The third-order valence-electron chi connectivity index (χ3n) is 5.99. The number of carbonyl (C=O) groups is 1. The molecule has 0 bridgehead atoms. The molecule has 7 heteroatoms. The summed E-state index contributed by atoms with van der Waals surface area (Å²) in [7, 11) is 0. The van der Waals surface area contributed by atoms with Crippen molar-refractivity contribution in [2.75, 3.05) is 42.9 Å². The summed E-state index contributed by atoms with van der Waals surface area (Å²) in [6.07, 6.45) is 0.914. The Morgan fingerprint density at radius 3 is 2.65 bits per heavy atom. The summed E-state index contributed by atoms with van der Waals surface area (Å²) in [4.78, 5) is 16.9. The zero-order valence-corrected chi connectivity index (χ0v) is 18.3. The number of benzene rings is 2. The number of H-pyrrole nitrogens is 1. The molecule has 5 rings (SSSR count). The van der Waals surface area contributed by atoms with Crippen LogP contribution in [-0.2, 0) is 0 Å². The minimum Gasteiger partial charge on any atom is -0.369 e. The van der Waals surface area contributed by atoms with E-state index in [1.807, 2.05) is 29.6 Å². The number of fused-ring (bicyclic) bond motifs is 1. The van der Waals surface area contributed by atoms with E-state index in [2.05, 4.69) is 56.5 Å². The van der Waals surface area contributed by atoms with Gasteiger partial charge in [-0.15, -0.1) is 11.3 Å². The molecule has 6 nitrogen and oxygen atoms in total. The summed E-state index contributed by atoms with van der Waals surface area (Å²) in [5.74, 6) is 0.798. The fraction of sp³-hybridized carbons (Fsp3) is 0.250. The van der Waals surface area contributed by atoms with Crippen molar-refractivity contribution < 1.29 is 4.79 Å². The fourth-order valence-corrected chi connectivity index (χ4v) is 4.87. The zero-order valence-electron chi connectivity index (χ0n) is 17.5. The normalized spacial score (nSPS) is 14.8. The van der Waals surface area contributed by atoms with Crippen LogP contribution in [0.1, 0.15) is 16.6 Å². The Balaban J connectivity index is 1.32. The Morgan fingerprint density at radius 1 is 1.10 bits per heavy atom. The van der Waals surface area contributed by atoms with E-state index in [0.717, 1.165) is 77.4 Å². The van der Waals surface area contributed by atoms with Crippen molar-refractivity contribution in [1.82, 2.24) is 15.1 Å². The lowest BCUT2D eigenvalue weighted by Gasteiger charge is -2.35. The first-order valence-electron chi connectivity index (χ1n) is 10.6. The first-order valence-corrected chi connectivity index (χ1v) is 11.5. The van der Waals surface area contributed by atoms with Gasteiger partial charge >= 0.3 is 0 Å². The maximum atomic E-state index is 11.3. The molecule has 2 N–H and O–H groups in total. The molecule has 1 aliphatic rings. The van der Waals surface area contributed by atoms with Gasteiger partial charge in [0, 0.05) is 48.5 Å². The largest absolute Gasteiger partial charge is 0.369 e. The summed E-state index contributed by atoms with van der Waals surface area (Å²) in [5.41, 5.74) is 5.18. The number of anilines is 3. The fourth-order valence-electron chi connectivity index (χ4n) is 4.15. The molecule has 0 spiro atoms. The summed E-state index contributed by atoms with van der Waals surface area (Å²) in [5, 5.41) is 14.0. The van der Waals surface area contributed by atoms with Gasteiger partial charge in [-0.1, -0.05) is 13.0 Å². The molecule has 4 aromatic rings. The lowest BCUT2D eigenvalue weighted by molar-refractivity contribution is 0.112. The van der Waals surface area contributed by atoms with Crippen LogP contribution in [0.4, 0.5) is 17.2 Å². The number of thiophene rings is 1. The lowest BCUT2D eigenvalue weighted by Crippen LogP contribution is -2.46. The maximum absolute atomic E-state index is 11.3. The smallest absolute Gasteiger partial charge is 0.160 e. The third-order valence-corrected chi connectivity index (χ3v) is 6.83. The number of aldehydes is 1. The molecule has 0 saturated carbocycles. The molecule has 2 aromatic heterocycles. The van der Waals surface area contributed by atoms with E-state index in [-0.39, 0.29) is 0 Å². The monoisotopic (exact) mass is 431 g/mol. The number of nitrogens with one attached hydrogen (secondary N) is 2. The highest BCUT2D eigenvalue weighted by atomic mass is 32.1. The Bertz CT molecular complexity index is 1190. The number of hydrogen-bond acceptors (Lipinski definition) is 6. The van der Waals surface area contributed by atoms with Crippen molar-refractivity contribution in [1.29, 1.82) is 0 Å². The minimum absolute atomic E-state index is 0.744. The van der Waals surface area contributed by atoms with Crippen molar-refractivity contribution >= 4 is 45.7 Å². The quantitative estimate of drug-likeness (QED) is 0.421. The second kappa shape index (κ2) is 8.53. The molecule has 3 heterocycles. The molecular formula is C24H25N5OS. The van der Waals surface area contributed by atoms with E-state index < -0.39 is 0 Å². The minimum atomic E-state index is 0.744. The SMILES string of the molecule is CCN1CCN(c2ccc(Nc3n[nH]c4cc(-c5ccsc5C=O)ccc34)cc2)CC1. The number of nitrogens with zero attached hydrogens (tertiary/aromatic N) is 3. The first kappa shape index (κ1) is 19.8. The maximum Gasteiger partial charge on any atom is 0.160 e. The van der Waals surface area contributed by atoms with Crippen LogP contribution >= 0.6 is 11.3 Å². The molecule has 0 aliphatic carbocycles. The number of rotatable bonds is 6. The average molecular weight is 432 g/mol. The lowest BCUT2D eigenvalue weighted by atomic mass is 10.1. The van der Waals surface area contributed by atoms with E-state index >= 15 is 0 Å². The van der Waals surface area contributed by atoms with Gasteiger partial charge in [0.05, 0.1) is 10.4 Å². The van der Waals surface area contributed by atoms with Gasteiger partial charge in [-0.25, -0.2) is 0 Å². The molecule has 1 fully saturated rings. The van der Waals surface area contributed by atoms with Gasteiger partial charge in [0.25, 0.3) is 0 Å². The van der Waals surface area contributed by atoms with E-state index in [1.165, 1.54) is 17.0 Å². The second-order valence-corrected chi connectivity index (χ2v) is 8.69.